The summed E-state index contributed by atoms with van der Waals surface area (Å²) in [6, 6.07) is 7.41. The highest BCUT2D eigenvalue weighted by molar-refractivity contribution is 9.10. The second-order valence-electron chi connectivity index (χ2n) is 6.59. The number of benzene rings is 1. The first-order valence-electron chi connectivity index (χ1n) is 8.50. The molecule has 0 radical (unpaired) electrons. The van der Waals surface area contributed by atoms with Gasteiger partial charge in [0.1, 0.15) is 0 Å². The SMILES string of the molecule is CC1CCCN(C(C)CNC(=O)CNC(=O)c2cccc(Br)c2)C1. The summed E-state index contributed by atoms with van der Waals surface area (Å²) in [6.45, 7) is 7.21. The molecule has 2 unspecified atom stereocenters. The van der Waals surface area contributed by atoms with Crippen molar-refractivity contribution in [1.29, 1.82) is 0 Å². The van der Waals surface area contributed by atoms with Crippen LogP contribution in [0.25, 0.3) is 0 Å². The Hall–Kier alpha value is -1.40. The lowest BCUT2D eigenvalue weighted by Crippen LogP contribution is -2.47. The Morgan fingerprint density at radius 3 is 2.88 bits per heavy atom. The molecule has 2 atom stereocenters. The Kier molecular flexibility index (Phi) is 7.24. The van der Waals surface area contributed by atoms with E-state index in [1.165, 1.54) is 12.8 Å². The quantitative estimate of drug-likeness (QED) is 0.777. The molecule has 1 saturated heterocycles. The minimum absolute atomic E-state index is 0.00549. The van der Waals surface area contributed by atoms with E-state index < -0.39 is 0 Å². The third-order valence-electron chi connectivity index (χ3n) is 4.40. The highest BCUT2D eigenvalue weighted by Gasteiger charge is 2.21. The summed E-state index contributed by atoms with van der Waals surface area (Å²) in [5, 5.41) is 5.56. The Balaban J connectivity index is 1.70. The molecule has 0 aliphatic carbocycles. The average molecular weight is 396 g/mol. The zero-order valence-corrected chi connectivity index (χ0v) is 15.9. The molecule has 0 saturated carbocycles. The molecule has 1 aromatic rings. The molecule has 132 valence electrons. The van der Waals surface area contributed by atoms with E-state index in [0.717, 1.165) is 23.5 Å². The zero-order chi connectivity index (χ0) is 17.5. The van der Waals surface area contributed by atoms with Crippen molar-refractivity contribution in [3.63, 3.8) is 0 Å². The van der Waals surface area contributed by atoms with Gasteiger partial charge in [-0.25, -0.2) is 0 Å². The van der Waals surface area contributed by atoms with Crippen molar-refractivity contribution in [3.05, 3.63) is 34.3 Å². The van der Waals surface area contributed by atoms with Crippen LogP contribution in [-0.4, -0.2) is 48.9 Å². The first-order valence-corrected chi connectivity index (χ1v) is 9.29. The van der Waals surface area contributed by atoms with Gasteiger partial charge in [-0.2, -0.15) is 0 Å². The van der Waals surface area contributed by atoms with Crippen molar-refractivity contribution in [2.45, 2.75) is 32.7 Å². The van der Waals surface area contributed by atoms with Crippen LogP contribution < -0.4 is 10.6 Å². The van der Waals surface area contributed by atoms with Gasteiger partial charge in [-0.05, 0) is 50.4 Å². The van der Waals surface area contributed by atoms with Gasteiger partial charge in [0.15, 0.2) is 0 Å². The molecule has 1 fully saturated rings. The molecule has 1 aliphatic heterocycles. The summed E-state index contributed by atoms with van der Waals surface area (Å²) in [7, 11) is 0. The van der Waals surface area contributed by atoms with Crippen LogP contribution >= 0.6 is 15.9 Å². The molecule has 1 heterocycles. The first-order chi connectivity index (χ1) is 11.5. The van der Waals surface area contributed by atoms with E-state index in [1.54, 1.807) is 18.2 Å². The first kappa shape index (κ1) is 18.9. The maximum atomic E-state index is 12.0. The maximum absolute atomic E-state index is 12.0. The molecular weight excluding hydrogens is 370 g/mol. The van der Waals surface area contributed by atoms with Crippen molar-refractivity contribution in [2.75, 3.05) is 26.2 Å². The summed E-state index contributed by atoms with van der Waals surface area (Å²) in [4.78, 5) is 26.4. The van der Waals surface area contributed by atoms with Gasteiger partial charge in [0.2, 0.25) is 5.91 Å². The molecular formula is C18H26BrN3O2. The van der Waals surface area contributed by atoms with Crippen LogP contribution in [-0.2, 0) is 4.79 Å². The van der Waals surface area contributed by atoms with E-state index >= 15 is 0 Å². The van der Waals surface area contributed by atoms with Gasteiger partial charge in [0, 0.05) is 29.2 Å². The lowest BCUT2D eigenvalue weighted by atomic mass is 9.99. The van der Waals surface area contributed by atoms with E-state index in [2.05, 4.69) is 45.3 Å². The number of hydrogen-bond donors (Lipinski definition) is 2. The molecule has 2 N–H and O–H groups in total. The van der Waals surface area contributed by atoms with E-state index in [9.17, 15) is 9.59 Å². The number of rotatable bonds is 6. The number of nitrogens with zero attached hydrogens (tertiary/aromatic N) is 1. The number of nitrogens with one attached hydrogen (secondary N) is 2. The predicted molar refractivity (Wildman–Crippen MR) is 98.9 cm³/mol. The van der Waals surface area contributed by atoms with Crippen molar-refractivity contribution in [2.24, 2.45) is 5.92 Å². The van der Waals surface area contributed by atoms with Crippen molar-refractivity contribution in [3.8, 4) is 0 Å². The molecule has 0 spiro atoms. The number of likely N-dealkylation sites (tertiary alicyclic amines) is 1. The fourth-order valence-corrected chi connectivity index (χ4v) is 3.37. The van der Waals surface area contributed by atoms with Gasteiger partial charge in [0.25, 0.3) is 5.91 Å². The second kappa shape index (κ2) is 9.18. The summed E-state index contributed by atoms with van der Waals surface area (Å²) >= 11 is 3.33. The van der Waals surface area contributed by atoms with Gasteiger partial charge in [-0.1, -0.05) is 28.9 Å². The molecule has 2 rings (SSSR count). The lowest BCUT2D eigenvalue weighted by Gasteiger charge is -2.35. The predicted octanol–water partition coefficient (Wildman–Crippen LogP) is 2.42. The monoisotopic (exact) mass is 395 g/mol. The topological polar surface area (TPSA) is 61.4 Å². The van der Waals surface area contributed by atoms with Crippen molar-refractivity contribution in [1.82, 2.24) is 15.5 Å². The van der Waals surface area contributed by atoms with Crippen LogP contribution in [0, 0.1) is 5.92 Å². The van der Waals surface area contributed by atoms with Gasteiger partial charge in [-0.3, -0.25) is 14.5 Å². The normalized spacial score (nSPS) is 19.5. The molecule has 5 nitrogen and oxygen atoms in total. The van der Waals surface area contributed by atoms with Crippen LogP contribution in [0.15, 0.2) is 28.7 Å². The smallest absolute Gasteiger partial charge is 0.251 e. The molecule has 6 heteroatoms. The van der Waals surface area contributed by atoms with Crippen LogP contribution in [0.5, 0.6) is 0 Å². The lowest BCUT2D eigenvalue weighted by molar-refractivity contribution is -0.120. The number of carbonyl (C=O) groups excluding carboxylic acids is 2. The van der Waals surface area contributed by atoms with E-state index in [1.807, 2.05) is 6.07 Å². The fourth-order valence-electron chi connectivity index (χ4n) is 2.97. The van der Waals surface area contributed by atoms with Gasteiger partial charge >= 0.3 is 0 Å². The fraction of sp³-hybridized carbons (Fsp3) is 0.556. The summed E-state index contributed by atoms with van der Waals surface area (Å²) < 4.78 is 0.837. The molecule has 2 amide bonds. The second-order valence-corrected chi connectivity index (χ2v) is 7.50. The zero-order valence-electron chi connectivity index (χ0n) is 14.3. The van der Waals surface area contributed by atoms with Crippen LogP contribution in [0.1, 0.15) is 37.0 Å². The molecule has 0 bridgehead atoms. The van der Waals surface area contributed by atoms with Crippen molar-refractivity contribution >= 4 is 27.7 Å². The Morgan fingerprint density at radius 1 is 1.38 bits per heavy atom. The third-order valence-corrected chi connectivity index (χ3v) is 4.90. The number of amides is 2. The summed E-state index contributed by atoms with van der Waals surface area (Å²) in [5.41, 5.74) is 0.535. The minimum atomic E-state index is -0.246. The standard InChI is InChI=1S/C18H26BrN3O2/c1-13-5-4-8-22(12-13)14(2)10-20-17(23)11-21-18(24)15-6-3-7-16(19)9-15/h3,6-7,9,13-14H,4-5,8,10-12H2,1-2H3,(H,20,23)(H,21,24). The Morgan fingerprint density at radius 2 is 2.17 bits per heavy atom. The largest absolute Gasteiger partial charge is 0.353 e. The number of hydrogen-bond acceptors (Lipinski definition) is 3. The minimum Gasteiger partial charge on any atom is -0.353 e. The van der Waals surface area contributed by atoms with E-state index in [-0.39, 0.29) is 18.4 Å². The van der Waals surface area contributed by atoms with Crippen LogP contribution in [0.2, 0.25) is 0 Å². The maximum Gasteiger partial charge on any atom is 0.251 e. The summed E-state index contributed by atoms with van der Waals surface area (Å²) in [6.07, 6.45) is 2.51. The Bertz CT molecular complexity index is 579. The average Bonchev–Trinajstić information content (AvgIpc) is 2.57. The van der Waals surface area contributed by atoms with E-state index in [0.29, 0.717) is 18.2 Å². The van der Waals surface area contributed by atoms with Crippen molar-refractivity contribution < 1.29 is 9.59 Å². The van der Waals surface area contributed by atoms with Gasteiger partial charge < -0.3 is 10.6 Å². The van der Waals surface area contributed by atoms with Gasteiger partial charge in [-0.15, -0.1) is 0 Å². The highest BCUT2D eigenvalue weighted by atomic mass is 79.9. The molecule has 1 aliphatic rings. The highest BCUT2D eigenvalue weighted by Crippen LogP contribution is 2.17. The third kappa shape index (κ3) is 5.91. The van der Waals surface area contributed by atoms with Gasteiger partial charge in [0.05, 0.1) is 6.54 Å². The number of piperidine rings is 1. The van der Waals surface area contributed by atoms with Crippen LogP contribution in [0.3, 0.4) is 0 Å². The molecule has 1 aromatic carbocycles. The van der Waals surface area contributed by atoms with E-state index in [4.69, 9.17) is 0 Å². The Labute approximate surface area is 152 Å². The molecule has 24 heavy (non-hydrogen) atoms. The van der Waals surface area contributed by atoms with Crippen LogP contribution in [0.4, 0.5) is 0 Å². The molecule has 0 aromatic heterocycles. The number of carbonyl (C=O) groups is 2. The number of halogens is 1. The summed E-state index contributed by atoms with van der Waals surface area (Å²) in [5.74, 6) is 0.320.